The number of nitrogens with one attached hydrogen (secondary N) is 2. The molecule has 0 aliphatic carbocycles. The average molecular weight is 415 g/mol. The number of hydrogen-bond acceptors (Lipinski definition) is 7. The number of carbonyl (C=O) groups excluding carboxylic acids is 1. The quantitative estimate of drug-likeness (QED) is 0.543. The predicted octanol–water partition coefficient (Wildman–Crippen LogP) is 1.03. The summed E-state index contributed by atoms with van der Waals surface area (Å²) in [5, 5.41) is 29.3. The highest BCUT2D eigenvalue weighted by Crippen LogP contribution is 2.37. The number of aliphatic carboxylic acids is 1. The van der Waals surface area contributed by atoms with Gasteiger partial charge in [-0.25, -0.2) is 9.48 Å². The van der Waals surface area contributed by atoms with E-state index in [-0.39, 0.29) is 5.91 Å². The Morgan fingerprint density at radius 2 is 2.03 bits per heavy atom. The second kappa shape index (κ2) is 9.46. The zero-order chi connectivity index (χ0) is 21.5. The summed E-state index contributed by atoms with van der Waals surface area (Å²) in [4.78, 5) is 20.8. The molecule has 1 saturated heterocycles. The van der Waals surface area contributed by atoms with Gasteiger partial charge in [-0.05, 0) is 0 Å². The Balaban J connectivity index is 0.000000370. The van der Waals surface area contributed by atoms with Gasteiger partial charge in [0.2, 0.25) is 5.91 Å². The van der Waals surface area contributed by atoms with Gasteiger partial charge in [-0.3, -0.25) is 4.79 Å². The predicted molar refractivity (Wildman–Crippen MR) is 92.4 cm³/mol. The molecule has 0 radical (unpaired) electrons. The number of carboxylic acid groups (broad SMARTS) is 1. The van der Waals surface area contributed by atoms with Gasteiger partial charge in [-0.1, -0.05) is 5.21 Å². The third-order valence-corrected chi connectivity index (χ3v) is 4.21. The summed E-state index contributed by atoms with van der Waals surface area (Å²) in [6, 6.07) is 0.381. The number of aromatic nitrogens is 3. The third kappa shape index (κ3) is 7.15. The van der Waals surface area contributed by atoms with Crippen molar-refractivity contribution in [1.82, 2.24) is 25.6 Å². The summed E-state index contributed by atoms with van der Waals surface area (Å²) >= 11 is 0. The average Bonchev–Trinajstić information content (AvgIpc) is 3.24. The second-order valence-corrected chi connectivity index (χ2v) is 6.47. The number of carbonyl (C=O) groups is 2. The van der Waals surface area contributed by atoms with Crippen molar-refractivity contribution in [3.63, 3.8) is 0 Å². The summed E-state index contributed by atoms with van der Waals surface area (Å²) in [5.74, 6) is -0.211. The fraction of sp³-hybridized carbons (Fsp3) is 0.625. The molecule has 1 fully saturated rings. The summed E-state index contributed by atoms with van der Waals surface area (Å²) in [5.41, 5.74) is 0.368. The molecule has 0 atom stereocenters. The molecule has 29 heavy (non-hydrogen) atoms. The molecule has 0 saturated carbocycles. The van der Waals surface area contributed by atoms with Gasteiger partial charge in [0, 0.05) is 38.8 Å². The summed E-state index contributed by atoms with van der Waals surface area (Å²) in [6.45, 7) is 2.23. The smallest absolute Gasteiger partial charge is 0.475 e. The van der Waals surface area contributed by atoms with Crippen LogP contribution in [0.1, 0.15) is 37.4 Å². The van der Waals surface area contributed by atoms with Crippen LogP contribution in [0.25, 0.3) is 0 Å². The molecule has 2 aliphatic rings. The first-order valence-corrected chi connectivity index (χ1v) is 8.71. The van der Waals surface area contributed by atoms with Crippen LogP contribution in [0.15, 0.2) is 16.4 Å². The van der Waals surface area contributed by atoms with Gasteiger partial charge in [0.05, 0.1) is 18.8 Å². The van der Waals surface area contributed by atoms with Crippen LogP contribution in [0.3, 0.4) is 0 Å². The van der Waals surface area contributed by atoms with Crippen molar-refractivity contribution in [2.24, 2.45) is 10.2 Å². The van der Waals surface area contributed by atoms with Crippen molar-refractivity contribution in [2.45, 2.75) is 50.1 Å². The maximum atomic E-state index is 11.9. The van der Waals surface area contributed by atoms with Gasteiger partial charge in [0.15, 0.2) is 5.66 Å². The number of terminal acetylenes is 1. The Labute approximate surface area is 163 Å². The lowest BCUT2D eigenvalue weighted by atomic mass is 10.0. The number of halogens is 3. The molecule has 3 N–H and O–H groups in total. The summed E-state index contributed by atoms with van der Waals surface area (Å²) in [7, 11) is 0. The van der Waals surface area contributed by atoms with Crippen molar-refractivity contribution in [3.05, 3.63) is 11.9 Å². The number of hydrogen-bond donors (Lipinski definition) is 3. The van der Waals surface area contributed by atoms with Crippen LogP contribution in [-0.2, 0) is 16.1 Å². The fourth-order valence-corrected chi connectivity index (χ4v) is 2.29. The number of rotatable bonds is 8. The molecule has 3 rings (SSSR count). The summed E-state index contributed by atoms with van der Waals surface area (Å²) < 4.78 is 33.6. The Kier molecular flexibility index (Phi) is 7.27. The van der Waals surface area contributed by atoms with Gasteiger partial charge in [0.1, 0.15) is 5.69 Å². The standard InChI is InChI=1S/C14H19N7O.C2HF3O2/c1-2-3-5-14(18-19-14)6-4-13(22)16-7-11-10-21(20-17-11)12-8-15-9-12;3-2(4,5)1(6)7/h1,10,12,15H,3-9H2,(H,16,22);(H,6,7). The highest BCUT2D eigenvalue weighted by molar-refractivity contribution is 5.75. The number of amides is 1. The van der Waals surface area contributed by atoms with Gasteiger partial charge >= 0.3 is 12.1 Å². The van der Waals surface area contributed by atoms with Crippen LogP contribution in [0.5, 0.6) is 0 Å². The lowest BCUT2D eigenvalue weighted by Crippen LogP contribution is -2.43. The van der Waals surface area contributed by atoms with Crippen LogP contribution >= 0.6 is 0 Å². The van der Waals surface area contributed by atoms with E-state index in [1.165, 1.54) is 0 Å². The Hall–Kier alpha value is -3.01. The van der Waals surface area contributed by atoms with E-state index in [9.17, 15) is 18.0 Å². The van der Waals surface area contributed by atoms with Crippen molar-refractivity contribution in [3.8, 4) is 12.3 Å². The van der Waals surface area contributed by atoms with Gasteiger partial charge in [0.25, 0.3) is 0 Å². The highest BCUT2D eigenvalue weighted by atomic mass is 19.4. The molecule has 158 valence electrons. The normalized spacial score (nSPS) is 16.8. The monoisotopic (exact) mass is 415 g/mol. The number of carboxylic acids is 1. The van der Waals surface area contributed by atoms with Crippen molar-refractivity contribution in [2.75, 3.05) is 13.1 Å². The topological polar surface area (TPSA) is 134 Å². The van der Waals surface area contributed by atoms with E-state index in [4.69, 9.17) is 16.3 Å². The van der Waals surface area contributed by atoms with E-state index in [2.05, 4.69) is 37.1 Å². The van der Waals surface area contributed by atoms with Gasteiger partial charge < -0.3 is 15.7 Å². The molecule has 1 aromatic heterocycles. The zero-order valence-corrected chi connectivity index (χ0v) is 15.3. The van der Waals surface area contributed by atoms with E-state index >= 15 is 0 Å². The van der Waals surface area contributed by atoms with Crippen LogP contribution in [-0.4, -0.2) is 56.9 Å². The maximum Gasteiger partial charge on any atom is 0.490 e. The van der Waals surface area contributed by atoms with E-state index in [1.54, 1.807) is 0 Å². The van der Waals surface area contributed by atoms with Crippen molar-refractivity contribution < 1.29 is 27.9 Å². The number of alkyl halides is 3. The largest absolute Gasteiger partial charge is 0.490 e. The molecule has 1 aromatic rings. The first-order valence-electron chi connectivity index (χ1n) is 8.71. The van der Waals surface area contributed by atoms with Crippen LogP contribution in [0.2, 0.25) is 0 Å². The minimum Gasteiger partial charge on any atom is -0.475 e. The van der Waals surface area contributed by atoms with Crippen LogP contribution < -0.4 is 10.6 Å². The van der Waals surface area contributed by atoms with Gasteiger partial charge in [-0.15, -0.1) is 17.4 Å². The molecule has 0 aromatic carbocycles. The van der Waals surface area contributed by atoms with Gasteiger partial charge in [-0.2, -0.15) is 23.4 Å². The molecule has 1 amide bonds. The highest BCUT2D eigenvalue weighted by Gasteiger charge is 2.39. The van der Waals surface area contributed by atoms with E-state index in [0.717, 1.165) is 25.2 Å². The molecular formula is C16H20F3N7O3. The first kappa shape index (κ1) is 22.3. The van der Waals surface area contributed by atoms with E-state index in [1.807, 2.05) is 10.9 Å². The van der Waals surface area contributed by atoms with Crippen molar-refractivity contribution >= 4 is 11.9 Å². The van der Waals surface area contributed by atoms with Crippen LogP contribution in [0.4, 0.5) is 13.2 Å². The molecule has 2 aliphatic heterocycles. The molecule has 0 spiro atoms. The molecule has 0 bridgehead atoms. The fourth-order valence-electron chi connectivity index (χ4n) is 2.29. The minimum atomic E-state index is -5.08. The second-order valence-electron chi connectivity index (χ2n) is 6.47. The molecule has 0 unspecified atom stereocenters. The lowest BCUT2D eigenvalue weighted by molar-refractivity contribution is -0.192. The number of nitrogens with zero attached hydrogens (tertiary/aromatic N) is 5. The SMILES string of the molecule is C#CCCC1(CCC(=O)NCc2cn(C3CNC3)nn2)N=N1.O=C(O)C(F)(F)F. The summed E-state index contributed by atoms with van der Waals surface area (Å²) in [6.07, 6.45) is 4.39. The zero-order valence-electron chi connectivity index (χ0n) is 15.3. The van der Waals surface area contributed by atoms with E-state index in [0.29, 0.717) is 31.8 Å². The Morgan fingerprint density at radius 1 is 1.38 bits per heavy atom. The Morgan fingerprint density at radius 3 is 2.52 bits per heavy atom. The first-order chi connectivity index (χ1) is 13.6. The molecule has 10 nitrogen and oxygen atoms in total. The van der Waals surface area contributed by atoms with E-state index < -0.39 is 17.8 Å². The van der Waals surface area contributed by atoms with Crippen molar-refractivity contribution in [1.29, 1.82) is 0 Å². The lowest BCUT2D eigenvalue weighted by Gasteiger charge is -2.26. The Bertz CT molecular complexity index is 790. The van der Waals surface area contributed by atoms with Crippen LogP contribution in [0, 0.1) is 12.3 Å². The molecular weight excluding hydrogens is 395 g/mol. The minimum absolute atomic E-state index is 0.0303. The maximum absolute atomic E-state index is 11.9. The molecule has 3 heterocycles. The molecule has 13 heteroatoms. The third-order valence-electron chi connectivity index (χ3n) is 4.21.